The smallest absolute Gasteiger partial charge is 0.404 e. The van der Waals surface area contributed by atoms with Gasteiger partial charge in [0.25, 0.3) is 11.1 Å². The largest absolute Gasteiger partial charge is 0.465 e. The van der Waals surface area contributed by atoms with Gasteiger partial charge in [0.15, 0.2) is 0 Å². The number of aromatic nitrogens is 2. The first kappa shape index (κ1) is 17.2. The molecule has 2 aliphatic rings. The van der Waals surface area contributed by atoms with Gasteiger partial charge in [0, 0.05) is 25.7 Å². The molecule has 3 rings (SSSR count). The summed E-state index contributed by atoms with van der Waals surface area (Å²) in [6, 6.07) is 1.78. The Kier molecular flexibility index (Phi) is 5.17. The molecule has 0 saturated carbocycles. The lowest BCUT2D eigenvalue weighted by Gasteiger charge is -2.32. The molecule has 10 heteroatoms. The van der Waals surface area contributed by atoms with E-state index in [1.165, 1.54) is 6.33 Å². The number of thioether (sulfide) groups is 1. The Morgan fingerprint density at radius 1 is 1.40 bits per heavy atom. The summed E-state index contributed by atoms with van der Waals surface area (Å²) in [7, 11) is 0. The van der Waals surface area contributed by atoms with Gasteiger partial charge in [-0.3, -0.25) is 14.9 Å². The number of imide groups is 1. The molecule has 0 spiro atoms. The summed E-state index contributed by atoms with van der Waals surface area (Å²) in [5, 5.41) is 12.9. The molecule has 3 N–H and O–H groups in total. The fourth-order valence-corrected chi connectivity index (χ4v) is 3.43. The highest BCUT2D eigenvalue weighted by atomic mass is 32.2. The maximum atomic E-state index is 11.6. The number of rotatable bonds is 4. The number of nitrogens with one attached hydrogen (secondary N) is 2. The standard InChI is InChI=1S/C15H17N5O4S/c21-13-11(25-15(24)19-13)5-10-6-12(18-8-17-10)20-3-1-9(2-4-20)7-16-14(22)23/h5-6,8-9,16H,1-4,7H2,(H,22,23)(H,19,21,24)/b11-5+. The van der Waals surface area contributed by atoms with Gasteiger partial charge in [-0.25, -0.2) is 14.8 Å². The minimum absolute atomic E-state index is 0.313. The lowest BCUT2D eigenvalue weighted by atomic mass is 9.97. The van der Waals surface area contributed by atoms with Crippen LogP contribution in [0.4, 0.5) is 15.4 Å². The van der Waals surface area contributed by atoms with Crippen molar-refractivity contribution in [2.45, 2.75) is 12.8 Å². The van der Waals surface area contributed by atoms with E-state index in [4.69, 9.17) is 5.11 Å². The van der Waals surface area contributed by atoms with Crippen molar-refractivity contribution in [2.75, 3.05) is 24.5 Å². The second kappa shape index (κ2) is 7.51. The number of carbonyl (C=O) groups excluding carboxylic acids is 2. The summed E-state index contributed by atoms with van der Waals surface area (Å²) in [5.41, 5.74) is 0.562. The number of carboxylic acid groups (broad SMARTS) is 1. The minimum Gasteiger partial charge on any atom is -0.465 e. The molecule has 1 aromatic rings. The lowest BCUT2D eigenvalue weighted by molar-refractivity contribution is -0.115. The fraction of sp³-hybridized carbons (Fsp3) is 0.400. The molecule has 2 fully saturated rings. The van der Waals surface area contributed by atoms with Crippen LogP contribution in [0, 0.1) is 5.92 Å². The number of hydrogen-bond donors (Lipinski definition) is 3. The van der Waals surface area contributed by atoms with E-state index in [1.807, 2.05) is 0 Å². The zero-order chi connectivity index (χ0) is 17.8. The lowest BCUT2D eigenvalue weighted by Crippen LogP contribution is -2.38. The Morgan fingerprint density at radius 2 is 2.16 bits per heavy atom. The molecule has 2 aliphatic heterocycles. The zero-order valence-electron chi connectivity index (χ0n) is 13.3. The zero-order valence-corrected chi connectivity index (χ0v) is 14.1. The molecule has 0 aliphatic carbocycles. The maximum absolute atomic E-state index is 11.6. The average molecular weight is 363 g/mol. The first-order chi connectivity index (χ1) is 12.0. The van der Waals surface area contributed by atoms with Crippen LogP contribution < -0.4 is 15.5 Å². The normalized spacial score (nSPS) is 20.0. The van der Waals surface area contributed by atoms with Crippen LogP contribution in [0.1, 0.15) is 18.5 Å². The molecule has 0 radical (unpaired) electrons. The van der Waals surface area contributed by atoms with Crippen LogP contribution in [0.25, 0.3) is 6.08 Å². The van der Waals surface area contributed by atoms with Crippen molar-refractivity contribution in [3.8, 4) is 0 Å². The summed E-state index contributed by atoms with van der Waals surface area (Å²) in [6.45, 7) is 2.00. The van der Waals surface area contributed by atoms with Gasteiger partial charge in [-0.05, 0) is 36.6 Å². The van der Waals surface area contributed by atoms with E-state index in [0.29, 0.717) is 23.1 Å². The monoisotopic (exact) mass is 363 g/mol. The van der Waals surface area contributed by atoms with E-state index in [2.05, 4.69) is 25.5 Å². The Hall–Kier alpha value is -2.62. The van der Waals surface area contributed by atoms with E-state index in [0.717, 1.165) is 43.5 Å². The highest BCUT2D eigenvalue weighted by Gasteiger charge is 2.25. The van der Waals surface area contributed by atoms with Gasteiger partial charge in [0.1, 0.15) is 12.1 Å². The van der Waals surface area contributed by atoms with Crippen molar-refractivity contribution in [1.82, 2.24) is 20.6 Å². The van der Waals surface area contributed by atoms with Gasteiger partial charge in [-0.15, -0.1) is 0 Å². The van der Waals surface area contributed by atoms with E-state index < -0.39 is 12.0 Å². The van der Waals surface area contributed by atoms with E-state index in [1.54, 1.807) is 12.1 Å². The van der Waals surface area contributed by atoms with Crippen molar-refractivity contribution >= 4 is 40.9 Å². The first-order valence-corrected chi connectivity index (χ1v) is 8.61. The van der Waals surface area contributed by atoms with Crippen LogP contribution in [0.15, 0.2) is 17.3 Å². The Bertz CT molecular complexity index is 730. The highest BCUT2D eigenvalue weighted by Crippen LogP contribution is 2.26. The molecule has 2 saturated heterocycles. The van der Waals surface area contributed by atoms with Crippen molar-refractivity contribution in [3.63, 3.8) is 0 Å². The molecule has 3 amide bonds. The van der Waals surface area contributed by atoms with Gasteiger partial charge in [-0.2, -0.15) is 0 Å². The molecule has 9 nitrogen and oxygen atoms in total. The summed E-state index contributed by atoms with van der Waals surface area (Å²) >= 11 is 0.851. The molecule has 0 atom stereocenters. The topological polar surface area (TPSA) is 125 Å². The summed E-state index contributed by atoms with van der Waals surface area (Å²) in [5.74, 6) is 0.656. The summed E-state index contributed by atoms with van der Waals surface area (Å²) < 4.78 is 0. The SMILES string of the molecule is O=C(O)NCC1CCN(c2cc(/C=C3/SC(=O)NC3=O)ncn2)CC1. The average Bonchev–Trinajstić information content (AvgIpc) is 2.91. The Balaban J connectivity index is 1.63. The Labute approximate surface area is 147 Å². The van der Waals surface area contributed by atoms with E-state index in [-0.39, 0.29) is 5.24 Å². The highest BCUT2D eigenvalue weighted by molar-refractivity contribution is 8.18. The van der Waals surface area contributed by atoms with Crippen LogP contribution in [0.5, 0.6) is 0 Å². The molecule has 0 unspecified atom stereocenters. The van der Waals surface area contributed by atoms with Gasteiger partial charge >= 0.3 is 6.09 Å². The molecule has 25 heavy (non-hydrogen) atoms. The molecule has 0 bridgehead atoms. The van der Waals surface area contributed by atoms with Crippen molar-refractivity contribution in [2.24, 2.45) is 5.92 Å². The van der Waals surface area contributed by atoms with Crippen molar-refractivity contribution < 1.29 is 19.5 Å². The molecule has 3 heterocycles. The molecular formula is C15H17N5O4S. The first-order valence-electron chi connectivity index (χ1n) is 7.80. The molecular weight excluding hydrogens is 346 g/mol. The predicted octanol–water partition coefficient (Wildman–Crippen LogP) is 1.28. The Morgan fingerprint density at radius 3 is 2.80 bits per heavy atom. The van der Waals surface area contributed by atoms with E-state index >= 15 is 0 Å². The number of nitrogens with zero attached hydrogens (tertiary/aromatic N) is 3. The number of hydrogen-bond acceptors (Lipinski definition) is 7. The third kappa shape index (κ3) is 4.47. The maximum Gasteiger partial charge on any atom is 0.404 e. The number of anilines is 1. The van der Waals surface area contributed by atoms with Gasteiger partial charge in [-0.1, -0.05) is 0 Å². The fourth-order valence-electron chi connectivity index (χ4n) is 2.77. The van der Waals surface area contributed by atoms with Gasteiger partial charge in [0.05, 0.1) is 10.6 Å². The second-order valence-corrected chi connectivity index (χ2v) is 6.78. The van der Waals surface area contributed by atoms with Crippen LogP contribution in [-0.4, -0.2) is 51.9 Å². The van der Waals surface area contributed by atoms with Gasteiger partial charge < -0.3 is 15.3 Å². The van der Waals surface area contributed by atoms with Gasteiger partial charge in [0.2, 0.25) is 0 Å². The summed E-state index contributed by atoms with van der Waals surface area (Å²) in [6.07, 6.45) is 3.74. The second-order valence-electron chi connectivity index (χ2n) is 5.77. The molecule has 1 aromatic heterocycles. The third-order valence-corrected chi connectivity index (χ3v) is 4.89. The van der Waals surface area contributed by atoms with Crippen molar-refractivity contribution in [1.29, 1.82) is 0 Å². The number of carbonyl (C=O) groups is 3. The van der Waals surface area contributed by atoms with Crippen LogP contribution >= 0.6 is 11.8 Å². The quantitative estimate of drug-likeness (QED) is 0.684. The van der Waals surface area contributed by atoms with Crippen LogP contribution in [-0.2, 0) is 4.79 Å². The third-order valence-electron chi connectivity index (χ3n) is 4.08. The molecule has 0 aromatic carbocycles. The van der Waals surface area contributed by atoms with Crippen LogP contribution in [0.3, 0.4) is 0 Å². The minimum atomic E-state index is -0.997. The van der Waals surface area contributed by atoms with Crippen molar-refractivity contribution in [3.05, 3.63) is 23.0 Å². The predicted molar refractivity (Wildman–Crippen MR) is 92.1 cm³/mol. The van der Waals surface area contributed by atoms with Crippen LogP contribution in [0.2, 0.25) is 0 Å². The number of amides is 3. The number of piperidine rings is 1. The summed E-state index contributed by atoms with van der Waals surface area (Å²) in [4.78, 5) is 44.2. The molecule has 132 valence electrons. The van der Waals surface area contributed by atoms with E-state index in [9.17, 15) is 14.4 Å².